The number of hydrogen-bond acceptors (Lipinski definition) is 2. The minimum atomic E-state index is 0.308. The van der Waals surface area contributed by atoms with Crippen LogP contribution in [-0.2, 0) is 6.54 Å². The molecule has 0 spiro atoms. The molecule has 2 nitrogen and oxygen atoms in total. The van der Waals surface area contributed by atoms with E-state index >= 15 is 0 Å². The molecule has 0 radical (unpaired) electrons. The Labute approximate surface area is 96.3 Å². The summed E-state index contributed by atoms with van der Waals surface area (Å²) < 4.78 is 0. The van der Waals surface area contributed by atoms with Gasteiger partial charge in [0.25, 0.3) is 0 Å². The molecular weight excluding hydrogens is 210 g/mol. The van der Waals surface area contributed by atoms with Crippen LogP contribution in [0.3, 0.4) is 0 Å². The number of phenolic OH excluding ortho intramolecular Hbond substituents is 1. The summed E-state index contributed by atoms with van der Waals surface area (Å²) in [5.41, 5.74) is 0.860. The molecule has 0 aliphatic rings. The molecular formula is C12H18ClNO. The third-order valence-corrected chi connectivity index (χ3v) is 2.55. The van der Waals surface area contributed by atoms with Gasteiger partial charge < -0.3 is 10.4 Å². The quantitative estimate of drug-likeness (QED) is 0.731. The summed E-state index contributed by atoms with van der Waals surface area (Å²) in [4.78, 5) is 0. The normalized spacial score (nSPS) is 10.5. The maximum Gasteiger partial charge on any atom is 0.120 e. The summed E-state index contributed by atoms with van der Waals surface area (Å²) in [6.45, 7) is 3.85. The highest BCUT2D eigenvalue weighted by atomic mass is 35.5. The smallest absolute Gasteiger partial charge is 0.120 e. The lowest BCUT2D eigenvalue weighted by molar-refractivity contribution is 0.464. The van der Waals surface area contributed by atoms with Crippen LogP contribution in [0.1, 0.15) is 31.7 Å². The van der Waals surface area contributed by atoms with Crippen LogP contribution in [0.25, 0.3) is 0 Å². The van der Waals surface area contributed by atoms with Gasteiger partial charge in [-0.25, -0.2) is 0 Å². The summed E-state index contributed by atoms with van der Waals surface area (Å²) >= 11 is 5.84. The van der Waals surface area contributed by atoms with Gasteiger partial charge in [-0.15, -0.1) is 0 Å². The van der Waals surface area contributed by atoms with Gasteiger partial charge in [0.2, 0.25) is 0 Å². The lowest BCUT2D eigenvalue weighted by Gasteiger charge is -2.06. The lowest BCUT2D eigenvalue weighted by atomic mass is 10.2. The van der Waals surface area contributed by atoms with Gasteiger partial charge in [-0.1, -0.05) is 31.4 Å². The summed E-state index contributed by atoms with van der Waals surface area (Å²) in [5.74, 6) is 0.308. The molecule has 84 valence electrons. The second-order valence-corrected chi connectivity index (χ2v) is 4.09. The van der Waals surface area contributed by atoms with Crippen molar-refractivity contribution in [2.75, 3.05) is 6.54 Å². The SMILES string of the molecule is CCCCCNCc1cc(Cl)ccc1O. The van der Waals surface area contributed by atoms with Crippen molar-refractivity contribution in [1.29, 1.82) is 0 Å². The summed E-state index contributed by atoms with van der Waals surface area (Å²) in [5, 5.41) is 13.5. The van der Waals surface area contributed by atoms with Gasteiger partial charge in [-0.3, -0.25) is 0 Å². The van der Waals surface area contributed by atoms with Gasteiger partial charge in [-0.05, 0) is 31.2 Å². The van der Waals surface area contributed by atoms with Crippen molar-refractivity contribution in [3.8, 4) is 5.75 Å². The third kappa shape index (κ3) is 4.54. The topological polar surface area (TPSA) is 32.3 Å². The van der Waals surface area contributed by atoms with Gasteiger partial charge in [0.05, 0.1) is 0 Å². The average molecular weight is 228 g/mol. The Morgan fingerprint density at radius 3 is 2.87 bits per heavy atom. The van der Waals surface area contributed by atoms with E-state index in [1.807, 2.05) is 0 Å². The number of rotatable bonds is 6. The maximum absolute atomic E-state index is 9.54. The second kappa shape index (κ2) is 6.70. The molecule has 1 aromatic carbocycles. The Hall–Kier alpha value is -0.730. The van der Waals surface area contributed by atoms with E-state index in [4.69, 9.17) is 11.6 Å². The summed E-state index contributed by atoms with van der Waals surface area (Å²) in [6.07, 6.45) is 3.65. The van der Waals surface area contributed by atoms with E-state index in [1.54, 1.807) is 18.2 Å². The van der Waals surface area contributed by atoms with Gasteiger partial charge in [0, 0.05) is 17.1 Å². The Kier molecular flexibility index (Phi) is 5.51. The molecule has 0 unspecified atom stereocenters. The molecule has 1 aromatic rings. The molecule has 3 heteroatoms. The van der Waals surface area contributed by atoms with E-state index in [1.165, 1.54) is 19.3 Å². The van der Waals surface area contributed by atoms with Crippen LogP contribution in [0, 0.1) is 0 Å². The van der Waals surface area contributed by atoms with Crippen molar-refractivity contribution >= 4 is 11.6 Å². The van der Waals surface area contributed by atoms with Gasteiger partial charge in [0.15, 0.2) is 0 Å². The van der Waals surface area contributed by atoms with E-state index < -0.39 is 0 Å². The molecule has 0 aromatic heterocycles. The van der Waals surface area contributed by atoms with E-state index in [-0.39, 0.29) is 0 Å². The van der Waals surface area contributed by atoms with Crippen molar-refractivity contribution in [2.24, 2.45) is 0 Å². The fraction of sp³-hybridized carbons (Fsp3) is 0.500. The number of phenols is 1. The highest BCUT2D eigenvalue weighted by molar-refractivity contribution is 6.30. The molecule has 0 saturated heterocycles. The van der Waals surface area contributed by atoms with Gasteiger partial charge in [0.1, 0.15) is 5.75 Å². The molecule has 15 heavy (non-hydrogen) atoms. The van der Waals surface area contributed by atoms with Crippen LogP contribution < -0.4 is 5.32 Å². The Bertz CT molecular complexity index is 302. The van der Waals surface area contributed by atoms with Crippen molar-refractivity contribution in [2.45, 2.75) is 32.7 Å². The predicted octanol–water partition coefficient (Wildman–Crippen LogP) is 3.33. The van der Waals surface area contributed by atoms with Crippen molar-refractivity contribution in [3.63, 3.8) is 0 Å². The van der Waals surface area contributed by atoms with E-state index in [2.05, 4.69) is 12.2 Å². The molecule has 0 bridgehead atoms. The van der Waals surface area contributed by atoms with E-state index in [0.717, 1.165) is 12.1 Å². The molecule has 0 amide bonds. The standard InChI is InChI=1S/C12H18ClNO/c1-2-3-4-7-14-9-10-8-11(13)5-6-12(10)15/h5-6,8,14-15H,2-4,7,9H2,1H3. The minimum absolute atomic E-state index is 0.308. The number of benzene rings is 1. The molecule has 0 fully saturated rings. The first-order valence-corrected chi connectivity index (χ1v) is 5.80. The van der Waals surface area contributed by atoms with Crippen LogP contribution in [0.15, 0.2) is 18.2 Å². The first-order valence-electron chi connectivity index (χ1n) is 5.42. The third-order valence-electron chi connectivity index (χ3n) is 2.31. The minimum Gasteiger partial charge on any atom is -0.508 e. The highest BCUT2D eigenvalue weighted by Gasteiger charge is 2.00. The van der Waals surface area contributed by atoms with E-state index in [0.29, 0.717) is 17.3 Å². The van der Waals surface area contributed by atoms with Crippen LogP contribution in [0.2, 0.25) is 5.02 Å². The van der Waals surface area contributed by atoms with Crippen molar-refractivity contribution < 1.29 is 5.11 Å². The average Bonchev–Trinajstić information content (AvgIpc) is 2.23. The molecule has 0 aliphatic carbocycles. The van der Waals surface area contributed by atoms with Crippen LogP contribution in [0.4, 0.5) is 0 Å². The molecule has 0 heterocycles. The van der Waals surface area contributed by atoms with Gasteiger partial charge >= 0.3 is 0 Å². The lowest BCUT2D eigenvalue weighted by Crippen LogP contribution is -2.14. The number of aromatic hydroxyl groups is 1. The van der Waals surface area contributed by atoms with Crippen molar-refractivity contribution in [1.82, 2.24) is 5.32 Å². The van der Waals surface area contributed by atoms with Crippen LogP contribution >= 0.6 is 11.6 Å². The molecule has 2 N–H and O–H groups in total. The van der Waals surface area contributed by atoms with Crippen LogP contribution in [0.5, 0.6) is 5.75 Å². The fourth-order valence-corrected chi connectivity index (χ4v) is 1.61. The van der Waals surface area contributed by atoms with Gasteiger partial charge in [-0.2, -0.15) is 0 Å². The molecule has 1 rings (SSSR count). The molecule has 0 atom stereocenters. The number of nitrogens with one attached hydrogen (secondary N) is 1. The van der Waals surface area contributed by atoms with Crippen molar-refractivity contribution in [3.05, 3.63) is 28.8 Å². The second-order valence-electron chi connectivity index (χ2n) is 3.66. The Balaban J connectivity index is 2.33. The Morgan fingerprint density at radius 2 is 2.13 bits per heavy atom. The summed E-state index contributed by atoms with van der Waals surface area (Å²) in [7, 11) is 0. The Morgan fingerprint density at radius 1 is 1.33 bits per heavy atom. The largest absolute Gasteiger partial charge is 0.508 e. The zero-order valence-corrected chi connectivity index (χ0v) is 9.85. The zero-order chi connectivity index (χ0) is 11.1. The first kappa shape index (κ1) is 12.3. The number of halogens is 1. The molecule has 0 aliphatic heterocycles. The number of unbranched alkanes of at least 4 members (excludes halogenated alkanes) is 2. The van der Waals surface area contributed by atoms with Crippen LogP contribution in [-0.4, -0.2) is 11.7 Å². The highest BCUT2D eigenvalue weighted by Crippen LogP contribution is 2.20. The zero-order valence-electron chi connectivity index (χ0n) is 9.09. The predicted molar refractivity (Wildman–Crippen MR) is 64.3 cm³/mol. The fourth-order valence-electron chi connectivity index (χ4n) is 1.42. The number of hydrogen-bond donors (Lipinski definition) is 2. The summed E-state index contributed by atoms with van der Waals surface area (Å²) in [6, 6.07) is 5.12. The molecule has 0 saturated carbocycles. The van der Waals surface area contributed by atoms with E-state index in [9.17, 15) is 5.11 Å². The first-order chi connectivity index (χ1) is 7.24. The monoisotopic (exact) mass is 227 g/mol. The maximum atomic E-state index is 9.54.